The highest BCUT2D eigenvalue weighted by Crippen LogP contribution is 2.29. The van der Waals surface area contributed by atoms with Crippen LogP contribution in [-0.2, 0) is 0 Å². The Balaban J connectivity index is 3.25. The van der Waals surface area contributed by atoms with E-state index < -0.39 is 11.6 Å². The van der Waals surface area contributed by atoms with Crippen molar-refractivity contribution in [3.8, 4) is 0 Å². The van der Waals surface area contributed by atoms with Crippen molar-refractivity contribution in [3.05, 3.63) is 28.2 Å². The first-order valence-electron chi connectivity index (χ1n) is 2.84. The van der Waals surface area contributed by atoms with Gasteiger partial charge < -0.3 is 0 Å². The standard InChI is InChI=1S/C7H5BrF2S/c1-11-5-3-2-4(9)7(10)6(5)8/h2-3H,1H3. The van der Waals surface area contributed by atoms with E-state index >= 15 is 0 Å². The van der Waals surface area contributed by atoms with Crippen LogP contribution >= 0.6 is 27.7 Å². The molecule has 0 spiro atoms. The zero-order valence-electron chi connectivity index (χ0n) is 5.70. The number of hydrogen-bond acceptors (Lipinski definition) is 1. The Morgan fingerprint density at radius 1 is 1.36 bits per heavy atom. The molecule has 0 saturated heterocycles. The summed E-state index contributed by atoms with van der Waals surface area (Å²) in [6.45, 7) is 0. The predicted molar refractivity (Wildman–Crippen MR) is 45.8 cm³/mol. The number of halogens is 3. The molecule has 0 aliphatic heterocycles. The van der Waals surface area contributed by atoms with Crippen molar-refractivity contribution in [1.29, 1.82) is 0 Å². The number of rotatable bonds is 1. The molecule has 0 aliphatic rings. The van der Waals surface area contributed by atoms with E-state index in [1.165, 1.54) is 17.8 Å². The first-order chi connectivity index (χ1) is 5.16. The van der Waals surface area contributed by atoms with Crippen LogP contribution in [0.2, 0.25) is 0 Å². The first-order valence-corrected chi connectivity index (χ1v) is 4.86. The Morgan fingerprint density at radius 2 is 2.00 bits per heavy atom. The van der Waals surface area contributed by atoms with E-state index in [0.29, 0.717) is 4.90 Å². The van der Waals surface area contributed by atoms with Gasteiger partial charge in [0.15, 0.2) is 11.6 Å². The largest absolute Gasteiger partial charge is 0.204 e. The second-order valence-electron chi connectivity index (χ2n) is 1.88. The maximum atomic E-state index is 12.7. The lowest BCUT2D eigenvalue weighted by Gasteiger charge is -2.01. The van der Waals surface area contributed by atoms with Gasteiger partial charge in [-0.15, -0.1) is 11.8 Å². The van der Waals surface area contributed by atoms with Gasteiger partial charge in [-0.25, -0.2) is 8.78 Å². The van der Waals surface area contributed by atoms with E-state index in [9.17, 15) is 8.78 Å². The van der Waals surface area contributed by atoms with Gasteiger partial charge in [-0.3, -0.25) is 0 Å². The SMILES string of the molecule is CSc1ccc(F)c(F)c1Br. The van der Waals surface area contributed by atoms with E-state index in [2.05, 4.69) is 15.9 Å². The Morgan fingerprint density at radius 3 is 2.55 bits per heavy atom. The lowest BCUT2D eigenvalue weighted by Crippen LogP contribution is -1.86. The summed E-state index contributed by atoms with van der Waals surface area (Å²) in [5.74, 6) is -1.65. The van der Waals surface area contributed by atoms with Gasteiger partial charge in [0, 0.05) is 4.90 Å². The molecule has 0 fully saturated rings. The molecule has 4 heteroatoms. The molecule has 0 N–H and O–H groups in total. The van der Waals surface area contributed by atoms with Crippen LogP contribution in [0.3, 0.4) is 0 Å². The Labute approximate surface area is 76.1 Å². The molecule has 0 unspecified atom stereocenters. The topological polar surface area (TPSA) is 0 Å². The highest BCUT2D eigenvalue weighted by Gasteiger charge is 2.09. The van der Waals surface area contributed by atoms with Crippen LogP contribution in [0, 0.1) is 11.6 Å². The summed E-state index contributed by atoms with van der Waals surface area (Å²) in [4.78, 5) is 0.698. The molecule has 0 bridgehead atoms. The van der Waals surface area contributed by atoms with Gasteiger partial charge in [0.05, 0.1) is 4.47 Å². The van der Waals surface area contributed by atoms with Crippen LogP contribution in [0.1, 0.15) is 0 Å². The van der Waals surface area contributed by atoms with E-state index in [4.69, 9.17) is 0 Å². The van der Waals surface area contributed by atoms with Crippen LogP contribution in [0.5, 0.6) is 0 Å². The minimum absolute atomic E-state index is 0.199. The summed E-state index contributed by atoms with van der Waals surface area (Å²) < 4.78 is 25.4. The normalized spacial score (nSPS) is 10.2. The lowest BCUT2D eigenvalue weighted by atomic mass is 10.3. The first kappa shape index (κ1) is 9.00. The molecule has 0 nitrogen and oxygen atoms in total. The highest BCUT2D eigenvalue weighted by molar-refractivity contribution is 9.10. The van der Waals surface area contributed by atoms with Gasteiger partial charge in [-0.2, -0.15) is 0 Å². The summed E-state index contributed by atoms with van der Waals surface area (Å²) in [5, 5.41) is 0. The summed E-state index contributed by atoms with van der Waals surface area (Å²) in [6.07, 6.45) is 1.80. The number of benzene rings is 1. The molecule has 1 aromatic rings. The van der Waals surface area contributed by atoms with Crippen molar-refractivity contribution >= 4 is 27.7 Å². The van der Waals surface area contributed by atoms with Crippen LogP contribution in [-0.4, -0.2) is 6.26 Å². The Kier molecular flexibility index (Phi) is 2.90. The molecule has 1 aromatic carbocycles. The minimum Gasteiger partial charge on any atom is -0.204 e. The van der Waals surface area contributed by atoms with Gasteiger partial charge in [-0.05, 0) is 34.3 Å². The Hall–Kier alpha value is -0.0900. The molecule has 0 aromatic heterocycles. The van der Waals surface area contributed by atoms with Crippen LogP contribution in [0.15, 0.2) is 21.5 Å². The summed E-state index contributed by atoms with van der Waals surface area (Å²) >= 11 is 4.32. The molecular weight excluding hydrogens is 234 g/mol. The molecular formula is C7H5BrF2S. The average molecular weight is 239 g/mol. The van der Waals surface area contributed by atoms with E-state index in [-0.39, 0.29) is 4.47 Å². The third-order valence-corrected chi connectivity index (χ3v) is 3.04. The second kappa shape index (κ2) is 3.54. The molecule has 11 heavy (non-hydrogen) atoms. The fourth-order valence-corrected chi connectivity index (χ4v) is 1.95. The number of hydrogen-bond donors (Lipinski definition) is 0. The molecule has 0 heterocycles. The molecule has 0 amide bonds. The highest BCUT2D eigenvalue weighted by atomic mass is 79.9. The molecule has 0 aliphatic carbocycles. The average Bonchev–Trinajstić information content (AvgIpc) is 2.01. The van der Waals surface area contributed by atoms with Crippen molar-refractivity contribution in [2.45, 2.75) is 4.90 Å². The molecule has 0 saturated carbocycles. The molecule has 0 atom stereocenters. The lowest BCUT2D eigenvalue weighted by molar-refractivity contribution is 0.501. The Bertz CT molecular complexity index is 275. The molecule has 60 valence electrons. The zero-order valence-corrected chi connectivity index (χ0v) is 8.10. The second-order valence-corrected chi connectivity index (χ2v) is 3.52. The van der Waals surface area contributed by atoms with Crippen molar-refractivity contribution < 1.29 is 8.78 Å². The van der Waals surface area contributed by atoms with Crippen molar-refractivity contribution in [1.82, 2.24) is 0 Å². The maximum absolute atomic E-state index is 12.7. The molecule has 0 radical (unpaired) electrons. The van der Waals surface area contributed by atoms with Gasteiger partial charge >= 0.3 is 0 Å². The fourth-order valence-electron chi connectivity index (χ4n) is 0.666. The van der Waals surface area contributed by atoms with E-state index in [1.807, 2.05) is 0 Å². The molecule has 1 rings (SSSR count). The third kappa shape index (κ3) is 1.73. The minimum atomic E-state index is -0.824. The van der Waals surface area contributed by atoms with E-state index in [1.54, 1.807) is 6.26 Å². The van der Waals surface area contributed by atoms with Crippen LogP contribution in [0.4, 0.5) is 8.78 Å². The zero-order chi connectivity index (χ0) is 8.43. The predicted octanol–water partition coefficient (Wildman–Crippen LogP) is 3.45. The van der Waals surface area contributed by atoms with Crippen LogP contribution < -0.4 is 0 Å². The van der Waals surface area contributed by atoms with E-state index in [0.717, 1.165) is 6.07 Å². The van der Waals surface area contributed by atoms with Gasteiger partial charge in [0.1, 0.15) is 0 Å². The van der Waals surface area contributed by atoms with Gasteiger partial charge in [-0.1, -0.05) is 0 Å². The van der Waals surface area contributed by atoms with Crippen molar-refractivity contribution in [2.75, 3.05) is 6.26 Å². The van der Waals surface area contributed by atoms with Gasteiger partial charge in [0.25, 0.3) is 0 Å². The summed E-state index contributed by atoms with van der Waals surface area (Å²) in [5.41, 5.74) is 0. The van der Waals surface area contributed by atoms with Crippen LogP contribution in [0.25, 0.3) is 0 Å². The smallest absolute Gasteiger partial charge is 0.174 e. The van der Waals surface area contributed by atoms with Crippen molar-refractivity contribution in [2.24, 2.45) is 0 Å². The van der Waals surface area contributed by atoms with Gasteiger partial charge in [0.2, 0.25) is 0 Å². The monoisotopic (exact) mass is 238 g/mol. The maximum Gasteiger partial charge on any atom is 0.174 e. The number of thioether (sulfide) groups is 1. The fraction of sp³-hybridized carbons (Fsp3) is 0.143. The summed E-state index contributed by atoms with van der Waals surface area (Å²) in [6, 6.07) is 2.65. The summed E-state index contributed by atoms with van der Waals surface area (Å²) in [7, 11) is 0. The third-order valence-electron chi connectivity index (χ3n) is 1.22. The quantitative estimate of drug-likeness (QED) is 0.534. The van der Waals surface area contributed by atoms with Crippen molar-refractivity contribution in [3.63, 3.8) is 0 Å².